The van der Waals surface area contributed by atoms with Crippen LogP contribution >= 0.6 is 0 Å². The minimum Gasteiger partial charge on any atom is -0.357 e. The number of alkyl halides is 3. The molecule has 1 rings (SSSR count). The van der Waals surface area contributed by atoms with Crippen LogP contribution in [0.5, 0.6) is 0 Å². The van der Waals surface area contributed by atoms with E-state index in [0.29, 0.717) is 0 Å². The summed E-state index contributed by atoms with van der Waals surface area (Å²) in [4.78, 5) is 15.2. The standard InChI is InChI=1S/C16H20F3N3O/c1-10(2)22(11(3)15(23)21(4)5)13-7-6-12(9-20)14(8-13)16(17,18)19/h6-8,10-11H,1-5H3/t11-/m0/s1. The van der Waals surface area contributed by atoms with E-state index in [1.807, 2.05) is 0 Å². The van der Waals surface area contributed by atoms with E-state index in [2.05, 4.69) is 0 Å². The Morgan fingerprint density at radius 3 is 2.17 bits per heavy atom. The number of nitrogens with zero attached hydrogens (tertiary/aromatic N) is 3. The van der Waals surface area contributed by atoms with Crippen LogP contribution in [0.2, 0.25) is 0 Å². The third kappa shape index (κ3) is 4.15. The lowest BCUT2D eigenvalue weighted by Gasteiger charge is -2.35. The molecule has 0 N–H and O–H groups in total. The molecular formula is C16H20F3N3O. The number of hydrogen-bond acceptors (Lipinski definition) is 3. The molecule has 0 saturated carbocycles. The van der Waals surface area contributed by atoms with Crippen molar-refractivity contribution in [3.8, 4) is 6.07 Å². The first-order valence-corrected chi connectivity index (χ1v) is 7.11. The third-order valence-corrected chi connectivity index (χ3v) is 3.50. The molecule has 0 heterocycles. The van der Waals surface area contributed by atoms with Gasteiger partial charge in [-0.25, -0.2) is 0 Å². The molecule has 0 spiro atoms. The van der Waals surface area contributed by atoms with Crippen LogP contribution in [-0.2, 0) is 11.0 Å². The SMILES string of the molecule is CC(C)N(c1ccc(C#N)c(C(F)(F)F)c1)[C@@H](C)C(=O)N(C)C. The van der Waals surface area contributed by atoms with E-state index in [0.717, 1.165) is 12.1 Å². The van der Waals surface area contributed by atoms with Crippen LogP contribution in [0.15, 0.2) is 18.2 Å². The van der Waals surface area contributed by atoms with E-state index in [1.165, 1.54) is 11.0 Å². The summed E-state index contributed by atoms with van der Waals surface area (Å²) in [6.45, 7) is 5.24. The second kappa shape index (κ2) is 6.90. The van der Waals surface area contributed by atoms with Gasteiger partial charge in [0.15, 0.2) is 0 Å². The van der Waals surface area contributed by atoms with Crippen LogP contribution in [-0.4, -0.2) is 37.0 Å². The molecule has 0 fully saturated rings. The van der Waals surface area contributed by atoms with Gasteiger partial charge in [0.05, 0.1) is 17.2 Å². The largest absolute Gasteiger partial charge is 0.417 e. The van der Waals surface area contributed by atoms with E-state index in [-0.39, 0.29) is 17.6 Å². The molecule has 126 valence electrons. The molecule has 0 aliphatic carbocycles. The lowest BCUT2D eigenvalue weighted by Crippen LogP contribution is -2.48. The van der Waals surface area contributed by atoms with Gasteiger partial charge in [0, 0.05) is 25.8 Å². The fourth-order valence-electron chi connectivity index (χ4n) is 2.49. The van der Waals surface area contributed by atoms with E-state index >= 15 is 0 Å². The maximum atomic E-state index is 13.1. The molecule has 0 bridgehead atoms. The highest BCUT2D eigenvalue weighted by atomic mass is 19.4. The van der Waals surface area contributed by atoms with Crippen molar-refractivity contribution < 1.29 is 18.0 Å². The zero-order chi connectivity index (χ0) is 17.9. The Kier molecular flexibility index (Phi) is 5.65. The number of hydrogen-bond donors (Lipinski definition) is 0. The molecule has 0 unspecified atom stereocenters. The first-order valence-electron chi connectivity index (χ1n) is 7.11. The molecule has 0 radical (unpaired) electrons. The molecule has 7 heteroatoms. The second-order valence-electron chi connectivity index (χ2n) is 5.75. The first kappa shape index (κ1) is 18.8. The second-order valence-corrected chi connectivity index (χ2v) is 5.75. The molecule has 0 aliphatic rings. The number of halogens is 3. The van der Waals surface area contributed by atoms with Gasteiger partial charge in [0.25, 0.3) is 0 Å². The molecule has 1 aromatic carbocycles. The molecule has 1 amide bonds. The lowest BCUT2D eigenvalue weighted by atomic mass is 10.0. The smallest absolute Gasteiger partial charge is 0.357 e. The molecular weight excluding hydrogens is 307 g/mol. The van der Waals surface area contributed by atoms with Gasteiger partial charge >= 0.3 is 6.18 Å². The fourth-order valence-corrected chi connectivity index (χ4v) is 2.49. The highest BCUT2D eigenvalue weighted by molar-refractivity contribution is 5.84. The van der Waals surface area contributed by atoms with Crippen molar-refractivity contribution in [2.75, 3.05) is 19.0 Å². The monoisotopic (exact) mass is 327 g/mol. The first-order chi connectivity index (χ1) is 10.5. The molecule has 1 aromatic rings. The van der Waals surface area contributed by atoms with Crippen molar-refractivity contribution in [2.24, 2.45) is 0 Å². The van der Waals surface area contributed by atoms with E-state index in [1.54, 1.807) is 45.8 Å². The Balaban J connectivity index is 3.40. The maximum absolute atomic E-state index is 13.1. The molecule has 0 aliphatic heterocycles. The van der Waals surface area contributed by atoms with Gasteiger partial charge in [-0.3, -0.25) is 4.79 Å². The number of nitriles is 1. The van der Waals surface area contributed by atoms with Gasteiger partial charge in [0.2, 0.25) is 5.91 Å². The minimum atomic E-state index is -4.63. The van der Waals surface area contributed by atoms with Crippen molar-refractivity contribution in [3.63, 3.8) is 0 Å². The molecule has 23 heavy (non-hydrogen) atoms. The van der Waals surface area contributed by atoms with Gasteiger partial charge in [-0.15, -0.1) is 0 Å². The number of likely N-dealkylation sites (N-methyl/N-ethyl adjacent to an activating group) is 1. The Morgan fingerprint density at radius 1 is 1.22 bits per heavy atom. The van der Waals surface area contributed by atoms with Crippen LogP contribution < -0.4 is 4.90 Å². The number of carbonyl (C=O) groups excluding carboxylic acids is 1. The number of rotatable bonds is 4. The Bertz CT molecular complexity index is 618. The molecule has 0 saturated heterocycles. The summed E-state index contributed by atoms with van der Waals surface area (Å²) in [6, 6.07) is 4.24. The van der Waals surface area contributed by atoms with Crippen molar-refractivity contribution in [1.82, 2.24) is 4.90 Å². The Hall–Kier alpha value is -2.23. The van der Waals surface area contributed by atoms with Crippen LogP contribution in [0.3, 0.4) is 0 Å². The fraction of sp³-hybridized carbons (Fsp3) is 0.500. The normalized spacial score (nSPS) is 12.7. The summed E-state index contributed by atoms with van der Waals surface area (Å²) < 4.78 is 39.4. The number of carbonyl (C=O) groups is 1. The lowest BCUT2D eigenvalue weighted by molar-refractivity contribution is -0.137. The zero-order valence-corrected chi connectivity index (χ0v) is 13.8. The van der Waals surface area contributed by atoms with E-state index in [9.17, 15) is 18.0 Å². The zero-order valence-electron chi connectivity index (χ0n) is 13.8. The van der Waals surface area contributed by atoms with Crippen molar-refractivity contribution in [3.05, 3.63) is 29.3 Å². The van der Waals surface area contributed by atoms with E-state index in [4.69, 9.17) is 5.26 Å². The number of amides is 1. The van der Waals surface area contributed by atoms with Gasteiger partial charge < -0.3 is 9.80 Å². The van der Waals surface area contributed by atoms with Crippen LogP contribution in [0.1, 0.15) is 31.9 Å². The quantitative estimate of drug-likeness (QED) is 0.853. The van der Waals surface area contributed by atoms with Crippen LogP contribution in [0.25, 0.3) is 0 Å². The minimum absolute atomic E-state index is 0.192. The highest BCUT2D eigenvalue weighted by Crippen LogP contribution is 2.35. The average molecular weight is 327 g/mol. The molecule has 0 aromatic heterocycles. The van der Waals surface area contributed by atoms with Crippen molar-refractivity contribution in [2.45, 2.75) is 39.0 Å². The summed E-state index contributed by atoms with van der Waals surface area (Å²) in [5.74, 6) is -0.211. The van der Waals surface area contributed by atoms with Gasteiger partial charge in [-0.1, -0.05) is 0 Å². The Labute approximate surface area is 134 Å². The molecule has 1 atom stereocenters. The number of benzene rings is 1. The van der Waals surface area contributed by atoms with Gasteiger partial charge in [-0.2, -0.15) is 18.4 Å². The van der Waals surface area contributed by atoms with Gasteiger partial charge in [-0.05, 0) is 39.0 Å². The van der Waals surface area contributed by atoms with Crippen LogP contribution in [0.4, 0.5) is 18.9 Å². The molecule has 4 nitrogen and oxygen atoms in total. The van der Waals surface area contributed by atoms with Crippen LogP contribution in [0, 0.1) is 11.3 Å². The third-order valence-electron chi connectivity index (χ3n) is 3.50. The predicted octanol–water partition coefficient (Wildman–Crippen LogP) is 3.27. The van der Waals surface area contributed by atoms with Crippen molar-refractivity contribution >= 4 is 11.6 Å². The average Bonchev–Trinajstić information content (AvgIpc) is 2.44. The highest BCUT2D eigenvalue weighted by Gasteiger charge is 2.35. The van der Waals surface area contributed by atoms with Crippen molar-refractivity contribution in [1.29, 1.82) is 5.26 Å². The number of anilines is 1. The summed E-state index contributed by atoms with van der Waals surface area (Å²) >= 11 is 0. The topological polar surface area (TPSA) is 47.3 Å². The summed E-state index contributed by atoms with van der Waals surface area (Å²) in [5.41, 5.74) is -1.17. The summed E-state index contributed by atoms with van der Waals surface area (Å²) in [6.07, 6.45) is -4.63. The van der Waals surface area contributed by atoms with Gasteiger partial charge in [0.1, 0.15) is 6.04 Å². The Morgan fingerprint density at radius 2 is 1.78 bits per heavy atom. The van der Waals surface area contributed by atoms with E-state index < -0.39 is 23.3 Å². The predicted molar refractivity (Wildman–Crippen MR) is 81.9 cm³/mol. The summed E-state index contributed by atoms with van der Waals surface area (Å²) in [7, 11) is 3.19. The maximum Gasteiger partial charge on any atom is 0.417 e. The summed E-state index contributed by atoms with van der Waals surface area (Å²) in [5, 5.41) is 8.87.